The number of hydrogen-bond donors (Lipinski definition) is 0. The van der Waals surface area contributed by atoms with Crippen molar-refractivity contribution in [1.29, 1.82) is 0 Å². The van der Waals surface area contributed by atoms with Gasteiger partial charge in [0.05, 0.1) is 17.6 Å². The maximum absolute atomic E-state index is 6.85. The summed E-state index contributed by atoms with van der Waals surface area (Å²) in [6.45, 7) is 12.5. The van der Waals surface area contributed by atoms with E-state index in [9.17, 15) is 0 Å². The molecule has 2 heterocycles. The van der Waals surface area contributed by atoms with Crippen LogP contribution >= 0.6 is 0 Å². The predicted octanol–water partition coefficient (Wildman–Crippen LogP) is 14.3. The largest absolute Gasteiger partial charge is 0.455 e. The van der Waals surface area contributed by atoms with Crippen LogP contribution in [0.1, 0.15) is 25.0 Å². The van der Waals surface area contributed by atoms with E-state index in [0.29, 0.717) is 19.0 Å². The maximum atomic E-state index is 6.85. The molecule has 0 N–H and O–H groups in total. The van der Waals surface area contributed by atoms with Crippen LogP contribution in [0.4, 0.5) is 0 Å². The first-order valence-electron chi connectivity index (χ1n) is 19.8. The molecule has 5 nitrogen and oxygen atoms in total. The molecule has 11 rings (SSSR count). The highest BCUT2D eigenvalue weighted by molar-refractivity contribution is 6.38. The van der Waals surface area contributed by atoms with Crippen molar-refractivity contribution in [3.8, 4) is 0 Å². The van der Waals surface area contributed by atoms with Crippen molar-refractivity contribution in [3.05, 3.63) is 181 Å². The zero-order chi connectivity index (χ0) is 39.6. The molecule has 5 heteroatoms. The molecule has 0 bridgehead atoms. The average Bonchev–Trinajstić information content (AvgIpc) is 3.85. The van der Waals surface area contributed by atoms with Crippen molar-refractivity contribution in [3.63, 3.8) is 0 Å². The van der Waals surface area contributed by atoms with Gasteiger partial charge in [0.2, 0.25) is 0 Å². The summed E-state index contributed by atoms with van der Waals surface area (Å²) in [6, 6.07) is 59.2. The van der Waals surface area contributed by atoms with Crippen molar-refractivity contribution in [2.75, 3.05) is 0 Å². The molecule has 0 radical (unpaired) electrons. The molecule has 280 valence electrons. The minimum atomic E-state index is 0.394. The van der Waals surface area contributed by atoms with Crippen molar-refractivity contribution in [2.24, 2.45) is 15.0 Å². The summed E-state index contributed by atoms with van der Waals surface area (Å²) >= 11 is 0. The Morgan fingerprint density at radius 1 is 0.483 bits per heavy atom. The van der Waals surface area contributed by atoms with E-state index in [1.807, 2.05) is 50.2 Å². The number of nitrogens with zero attached hydrogens (tertiary/aromatic N) is 4. The maximum Gasteiger partial charge on any atom is 0.155 e. The summed E-state index contributed by atoms with van der Waals surface area (Å²) in [5.41, 5.74) is 6.33. The van der Waals surface area contributed by atoms with Crippen LogP contribution in [0.15, 0.2) is 189 Å². The quantitative estimate of drug-likeness (QED) is 0.128. The first-order chi connectivity index (χ1) is 28.7. The molecule has 0 unspecified atom stereocenters. The summed E-state index contributed by atoms with van der Waals surface area (Å²) in [7, 11) is 0. The minimum Gasteiger partial charge on any atom is -0.455 e. The van der Waals surface area contributed by atoms with Crippen molar-refractivity contribution >= 4 is 106 Å². The van der Waals surface area contributed by atoms with Gasteiger partial charge in [0.1, 0.15) is 17.8 Å². The van der Waals surface area contributed by atoms with E-state index in [4.69, 9.17) is 9.41 Å². The molecule has 0 saturated carbocycles. The molecule has 0 aliphatic carbocycles. The molecule has 58 heavy (non-hydrogen) atoms. The molecule has 0 spiro atoms. The van der Waals surface area contributed by atoms with Gasteiger partial charge in [-0.05, 0) is 46.6 Å². The van der Waals surface area contributed by atoms with Gasteiger partial charge in [0.15, 0.2) is 5.84 Å². The standard InChI is InChI=1S/C39H25N3O.C12H11N.C2H6/c1-40-39(26-13-3-2-4-14-26)41-23-42-35-27-15-7-5-11-24(27)19-21-31(35)33-34-32-22-20-25-12-6-8-16-28(25)37(32)43-38(34)30-18-10-9-17-29(30)36(33)42;1-13-9-11-7-4-6-10-5-2-3-8-12(10)11;1-2/h2-22H,1,23H2;2-8H,1,9H2;1-2H3/b41-39-;;. The van der Waals surface area contributed by atoms with Crippen LogP contribution < -0.4 is 0 Å². The number of aliphatic imine (C=N–C) groups is 3. The van der Waals surface area contributed by atoms with Crippen LogP contribution in [0.5, 0.6) is 0 Å². The van der Waals surface area contributed by atoms with Gasteiger partial charge in [-0.15, -0.1) is 0 Å². The van der Waals surface area contributed by atoms with Gasteiger partial charge in [-0.1, -0.05) is 178 Å². The second-order valence-corrected chi connectivity index (χ2v) is 14.0. The smallest absolute Gasteiger partial charge is 0.155 e. The van der Waals surface area contributed by atoms with Crippen LogP contribution in [0.3, 0.4) is 0 Å². The van der Waals surface area contributed by atoms with Gasteiger partial charge in [-0.25, -0.2) is 9.98 Å². The molecule has 0 aliphatic heterocycles. The van der Waals surface area contributed by atoms with Crippen LogP contribution in [0.2, 0.25) is 0 Å². The normalized spacial score (nSPS) is 11.7. The van der Waals surface area contributed by atoms with E-state index in [2.05, 4.69) is 161 Å². The lowest BCUT2D eigenvalue weighted by atomic mass is 9.98. The lowest BCUT2D eigenvalue weighted by Crippen LogP contribution is -2.02. The van der Waals surface area contributed by atoms with E-state index >= 15 is 0 Å². The first kappa shape index (κ1) is 36.3. The summed E-state index contributed by atoms with van der Waals surface area (Å²) in [5.74, 6) is 0.626. The van der Waals surface area contributed by atoms with Gasteiger partial charge < -0.3 is 8.98 Å². The third-order valence-corrected chi connectivity index (χ3v) is 10.9. The Bertz CT molecular complexity index is 3350. The summed E-state index contributed by atoms with van der Waals surface area (Å²) in [6.07, 6.45) is 0. The zero-order valence-electron chi connectivity index (χ0n) is 32.7. The second-order valence-electron chi connectivity index (χ2n) is 14.0. The molecule has 11 aromatic rings. The number of aromatic nitrogens is 1. The van der Waals surface area contributed by atoms with Crippen LogP contribution in [-0.4, -0.2) is 23.8 Å². The van der Waals surface area contributed by atoms with Gasteiger partial charge >= 0.3 is 0 Å². The number of rotatable bonds is 5. The lowest BCUT2D eigenvalue weighted by Gasteiger charge is -2.10. The number of fused-ring (bicyclic) bond motifs is 15. The molecular weight excluding hydrogens is 709 g/mol. The Balaban J connectivity index is 0.000000246. The van der Waals surface area contributed by atoms with Gasteiger partial charge in [-0.3, -0.25) is 4.99 Å². The number of benzene rings is 9. The number of furan rings is 1. The van der Waals surface area contributed by atoms with E-state index in [1.54, 1.807) is 0 Å². The van der Waals surface area contributed by atoms with Gasteiger partial charge in [0.25, 0.3) is 0 Å². The lowest BCUT2D eigenvalue weighted by molar-refractivity contribution is 0.676. The highest BCUT2D eigenvalue weighted by Crippen LogP contribution is 2.47. The van der Waals surface area contributed by atoms with E-state index in [1.165, 1.54) is 43.3 Å². The minimum absolute atomic E-state index is 0.394. The second kappa shape index (κ2) is 15.6. The number of amidine groups is 1. The number of hydrogen-bond acceptors (Lipinski definition) is 3. The molecule has 9 aromatic carbocycles. The molecule has 0 saturated heterocycles. The van der Waals surface area contributed by atoms with E-state index in [-0.39, 0.29) is 0 Å². The summed E-state index contributed by atoms with van der Waals surface area (Å²) in [4.78, 5) is 13.3. The summed E-state index contributed by atoms with van der Waals surface area (Å²) in [5, 5.41) is 14.1. The van der Waals surface area contributed by atoms with Gasteiger partial charge in [0, 0.05) is 48.7 Å². The molecular formula is C53H42N4O. The van der Waals surface area contributed by atoms with Gasteiger partial charge in [-0.2, -0.15) is 0 Å². The monoisotopic (exact) mass is 750 g/mol. The summed E-state index contributed by atoms with van der Waals surface area (Å²) < 4.78 is 9.21. The zero-order valence-corrected chi connectivity index (χ0v) is 32.7. The third-order valence-electron chi connectivity index (χ3n) is 10.9. The Kier molecular flexibility index (Phi) is 9.78. The van der Waals surface area contributed by atoms with Crippen molar-refractivity contribution < 1.29 is 4.42 Å². The Hall–Kier alpha value is -7.37. The molecule has 0 fully saturated rings. The Morgan fingerprint density at radius 3 is 1.76 bits per heavy atom. The van der Waals surface area contributed by atoms with E-state index in [0.717, 1.165) is 54.7 Å². The topological polar surface area (TPSA) is 55.1 Å². The highest BCUT2D eigenvalue weighted by atomic mass is 16.3. The van der Waals surface area contributed by atoms with Crippen molar-refractivity contribution in [2.45, 2.75) is 27.1 Å². The third kappa shape index (κ3) is 6.09. The van der Waals surface area contributed by atoms with Crippen LogP contribution in [0.25, 0.3) is 86.8 Å². The fourth-order valence-corrected chi connectivity index (χ4v) is 8.46. The van der Waals surface area contributed by atoms with Crippen LogP contribution in [0, 0.1) is 0 Å². The van der Waals surface area contributed by atoms with Crippen molar-refractivity contribution in [1.82, 2.24) is 4.57 Å². The van der Waals surface area contributed by atoms with E-state index < -0.39 is 0 Å². The first-order valence-corrected chi connectivity index (χ1v) is 19.8. The fourth-order valence-electron chi connectivity index (χ4n) is 8.46. The molecule has 0 atom stereocenters. The molecule has 2 aromatic heterocycles. The SMILES string of the molecule is C=N/C(=N\Cn1c2c3ccccc3ccc2c2c3c4ccc5ccccc5c4oc3c3ccccc3c21)c1ccccc1.C=NCc1cccc2ccccc12.CC. The Morgan fingerprint density at radius 2 is 1.05 bits per heavy atom. The highest BCUT2D eigenvalue weighted by Gasteiger charge is 2.23. The average molecular weight is 751 g/mol. The fraction of sp³-hybridized carbons (Fsp3) is 0.0755. The predicted molar refractivity (Wildman–Crippen MR) is 250 cm³/mol. The molecule has 0 aliphatic rings. The Labute approximate surface area is 336 Å². The molecule has 0 amide bonds. The van der Waals surface area contributed by atoms with Crippen LogP contribution in [-0.2, 0) is 13.2 Å².